The molecule has 0 spiro atoms. The van der Waals surface area contributed by atoms with Crippen molar-refractivity contribution in [3.8, 4) is 17.2 Å². The molecule has 0 radical (unpaired) electrons. The molecule has 1 heterocycles. The van der Waals surface area contributed by atoms with Gasteiger partial charge in [-0.3, -0.25) is 0 Å². The van der Waals surface area contributed by atoms with Gasteiger partial charge in [-0.05, 0) is 38.1 Å². The molecular weight excluding hydrogens is 374 g/mol. The molecule has 1 aromatic heterocycles. The van der Waals surface area contributed by atoms with Crippen LogP contribution in [0, 0.1) is 0 Å². The summed E-state index contributed by atoms with van der Waals surface area (Å²) in [6, 6.07) is 17.4. The van der Waals surface area contributed by atoms with Gasteiger partial charge in [-0.2, -0.15) is 0 Å². The van der Waals surface area contributed by atoms with Crippen LogP contribution in [0.3, 0.4) is 0 Å². The summed E-state index contributed by atoms with van der Waals surface area (Å²) in [6.07, 6.45) is -0.186. The van der Waals surface area contributed by atoms with Crippen molar-refractivity contribution >= 4 is 11.8 Å². The molecule has 0 aliphatic rings. The van der Waals surface area contributed by atoms with Gasteiger partial charge in [-0.1, -0.05) is 42.1 Å². The van der Waals surface area contributed by atoms with Gasteiger partial charge in [-0.15, -0.1) is 10.2 Å². The van der Waals surface area contributed by atoms with Crippen LogP contribution in [0.1, 0.15) is 25.8 Å². The first kappa shape index (κ1) is 20.1. The van der Waals surface area contributed by atoms with E-state index < -0.39 is 0 Å². The number of benzene rings is 2. The molecule has 28 heavy (non-hydrogen) atoms. The summed E-state index contributed by atoms with van der Waals surface area (Å²) in [7, 11) is 1.64. The topological polar surface area (TPSA) is 58.4 Å². The van der Waals surface area contributed by atoms with E-state index in [0.717, 1.165) is 40.5 Å². The van der Waals surface area contributed by atoms with Crippen LogP contribution in [-0.2, 0) is 6.54 Å². The zero-order valence-corrected chi connectivity index (χ0v) is 17.2. The summed E-state index contributed by atoms with van der Waals surface area (Å²) in [5, 5.41) is 9.56. The van der Waals surface area contributed by atoms with Crippen LogP contribution < -0.4 is 14.2 Å². The number of thioether (sulfide) groups is 1. The molecule has 0 unspecified atom stereocenters. The van der Waals surface area contributed by atoms with Crippen LogP contribution >= 0.6 is 11.8 Å². The van der Waals surface area contributed by atoms with Gasteiger partial charge in [-0.25, -0.2) is 0 Å². The molecule has 0 saturated heterocycles. The van der Waals surface area contributed by atoms with Crippen molar-refractivity contribution in [2.45, 2.75) is 31.7 Å². The van der Waals surface area contributed by atoms with Gasteiger partial charge in [0.25, 0.3) is 0 Å². The predicted molar refractivity (Wildman–Crippen MR) is 110 cm³/mol. The number of hydrogen-bond acceptors (Lipinski definition) is 6. The lowest BCUT2D eigenvalue weighted by atomic mass is 10.3. The Morgan fingerprint density at radius 3 is 2.43 bits per heavy atom. The Kier molecular flexibility index (Phi) is 7.19. The Labute approximate surface area is 169 Å². The van der Waals surface area contributed by atoms with E-state index in [-0.39, 0.29) is 6.10 Å². The van der Waals surface area contributed by atoms with Crippen LogP contribution in [0.15, 0.2) is 59.8 Å². The quantitative estimate of drug-likeness (QED) is 0.366. The first-order valence-electron chi connectivity index (χ1n) is 9.26. The van der Waals surface area contributed by atoms with E-state index in [2.05, 4.69) is 21.7 Å². The first-order valence-corrected chi connectivity index (χ1v) is 10.2. The molecule has 0 amide bonds. The molecule has 2 aromatic carbocycles. The monoisotopic (exact) mass is 399 g/mol. The van der Waals surface area contributed by atoms with E-state index in [1.165, 1.54) is 0 Å². The molecule has 148 valence electrons. The molecule has 0 N–H and O–H groups in total. The summed E-state index contributed by atoms with van der Waals surface area (Å²) >= 11 is 1.62. The molecule has 0 bridgehead atoms. The minimum absolute atomic E-state index is 0.186. The molecule has 0 aliphatic heterocycles. The highest BCUT2D eigenvalue weighted by atomic mass is 32.2. The standard InChI is InChI=1S/C21H25N3O3S/c1-4-24-20(16(2)27-17-10-6-5-7-11-17)22-23-21(24)28-15-14-26-19-13-9-8-12-18(19)25-3/h5-13,16H,4,14-15H2,1-3H3/t16-/m0/s1. The average molecular weight is 400 g/mol. The Morgan fingerprint density at radius 1 is 1.00 bits per heavy atom. The fourth-order valence-corrected chi connectivity index (χ4v) is 3.61. The van der Waals surface area contributed by atoms with Crippen LogP contribution in [0.25, 0.3) is 0 Å². The zero-order chi connectivity index (χ0) is 19.8. The molecule has 6 nitrogen and oxygen atoms in total. The van der Waals surface area contributed by atoms with Crippen molar-refractivity contribution in [2.24, 2.45) is 0 Å². The van der Waals surface area contributed by atoms with Crippen molar-refractivity contribution in [3.63, 3.8) is 0 Å². The summed E-state index contributed by atoms with van der Waals surface area (Å²) in [4.78, 5) is 0. The van der Waals surface area contributed by atoms with Crippen LogP contribution in [0.2, 0.25) is 0 Å². The van der Waals surface area contributed by atoms with E-state index >= 15 is 0 Å². The minimum Gasteiger partial charge on any atom is -0.493 e. The Bertz CT molecular complexity index is 870. The summed E-state index contributed by atoms with van der Waals surface area (Å²) in [6.45, 7) is 5.40. The molecular formula is C21H25N3O3S. The van der Waals surface area contributed by atoms with E-state index in [1.54, 1.807) is 18.9 Å². The van der Waals surface area contributed by atoms with Gasteiger partial charge < -0.3 is 18.8 Å². The van der Waals surface area contributed by atoms with E-state index in [9.17, 15) is 0 Å². The highest BCUT2D eigenvalue weighted by Crippen LogP contribution is 2.27. The van der Waals surface area contributed by atoms with Gasteiger partial charge >= 0.3 is 0 Å². The van der Waals surface area contributed by atoms with E-state index in [0.29, 0.717) is 6.61 Å². The number of para-hydroxylation sites is 3. The van der Waals surface area contributed by atoms with Gasteiger partial charge in [0.2, 0.25) is 0 Å². The Hall–Kier alpha value is -2.67. The number of ether oxygens (including phenoxy) is 3. The van der Waals surface area contributed by atoms with Crippen LogP contribution in [-0.4, -0.2) is 34.2 Å². The fraction of sp³-hybridized carbons (Fsp3) is 0.333. The van der Waals surface area contributed by atoms with Crippen molar-refractivity contribution in [2.75, 3.05) is 19.5 Å². The summed E-state index contributed by atoms with van der Waals surface area (Å²) < 4.78 is 19.2. The third kappa shape index (κ3) is 4.98. The van der Waals surface area contributed by atoms with Gasteiger partial charge in [0.05, 0.1) is 13.7 Å². The lowest BCUT2D eigenvalue weighted by Crippen LogP contribution is -2.12. The summed E-state index contributed by atoms with van der Waals surface area (Å²) in [5.74, 6) is 3.87. The van der Waals surface area contributed by atoms with Crippen LogP contribution in [0.5, 0.6) is 17.2 Å². The van der Waals surface area contributed by atoms with Crippen molar-refractivity contribution < 1.29 is 14.2 Å². The number of nitrogens with zero attached hydrogens (tertiary/aromatic N) is 3. The van der Waals surface area contributed by atoms with Crippen LogP contribution in [0.4, 0.5) is 0 Å². The normalized spacial score (nSPS) is 11.8. The first-order chi connectivity index (χ1) is 13.7. The number of rotatable bonds is 10. The second kappa shape index (κ2) is 10.0. The zero-order valence-electron chi connectivity index (χ0n) is 16.4. The fourth-order valence-electron chi connectivity index (χ4n) is 2.78. The lowest BCUT2D eigenvalue weighted by Gasteiger charge is -2.15. The number of methoxy groups -OCH3 is 1. The van der Waals surface area contributed by atoms with Gasteiger partial charge in [0.15, 0.2) is 28.6 Å². The van der Waals surface area contributed by atoms with Gasteiger partial charge in [0.1, 0.15) is 5.75 Å². The third-order valence-electron chi connectivity index (χ3n) is 4.12. The van der Waals surface area contributed by atoms with Crippen molar-refractivity contribution in [3.05, 3.63) is 60.4 Å². The second-order valence-corrected chi connectivity index (χ2v) is 7.07. The van der Waals surface area contributed by atoms with Gasteiger partial charge in [0, 0.05) is 12.3 Å². The highest BCUT2D eigenvalue weighted by molar-refractivity contribution is 7.99. The SMILES string of the molecule is CCn1c(SCCOc2ccccc2OC)nnc1[C@H](C)Oc1ccccc1. The molecule has 3 rings (SSSR count). The third-order valence-corrected chi connectivity index (χ3v) is 5.05. The maximum atomic E-state index is 5.99. The molecule has 0 aliphatic carbocycles. The highest BCUT2D eigenvalue weighted by Gasteiger charge is 2.18. The van der Waals surface area contributed by atoms with E-state index in [1.807, 2.05) is 61.5 Å². The van der Waals surface area contributed by atoms with Crippen molar-refractivity contribution in [1.82, 2.24) is 14.8 Å². The molecule has 0 fully saturated rings. The largest absolute Gasteiger partial charge is 0.493 e. The maximum Gasteiger partial charge on any atom is 0.191 e. The minimum atomic E-state index is -0.186. The Balaban J connectivity index is 1.57. The summed E-state index contributed by atoms with van der Waals surface area (Å²) in [5.41, 5.74) is 0. The smallest absolute Gasteiger partial charge is 0.191 e. The maximum absolute atomic E-state index is 5.99. The Morgan fingerprint density at radius 2 is 1.71 bits per heavy atom. The molecule has 0 saturated carbocycles. The number of aromatic nitrogens is 3. The molecule has 1 atom stereocenters. The molecule has 7 heteroatoms. The average Bonchev–Trinajstić information content (AvgIpc) is 3.15. The second-order valence-electron chi connectivity index (χ2n) is 6.01. The van der Waals surface area contributed by atoms with Crippen molar-refractivity contribution in [1.29, 1.82) is 0 Å². The lowest BCUT2D eigenvalue weighted by molar-refractivity contribution is 0.210. The number of hydrogen-bond donors (Lipinski definition) is 0. The molecule has 3 aromatic rings. The van der Waals surface area contributed by atoms with E-state index in [4.69, 9.17) is 14.2 Å². The predicted octanol–water partition coefficient (Wildman–Crippen LogP) is 4.62.